The van der Waals surface area contributed by atoms with Crippen molar-refractivity contribution in [2.24, 2.45) is 5.41 Å². The molecule has 0 aliphatic rings. The lowest BCUT2D eigenvalue weighted by Crippen LogP contribution is -3.05. The van der Waals surface area contributed by atoms with Crippen LogP contribution in [0.3, 0.4) is 0 Å². The smallest absolute Gasteiger partial charge is 0.196 e. The van der Waals surface area contributed by atoms with Crippen LogP contribution in [0.4, 0.5) is 4.39 Å². The van der Waals surface area contributed by atoms with Crippen molar-refractivity contribution >= 4 is 17.5 Å². The number of aromatic nitrogens is 3. The van der Waals surface area contributed by atoms with Crippen LogP contribution in [0.25, 0.3) is 5.69 Å². The quantitative estimate of drug-likeness (QED) is 0.799. The number of thioether (sulfide) groups is 1. The van der Waals surface area contributed by atoms with Crippen molar-refractivity contribution in [3.8, 4) is 5.69 Å². The van der Waals surface area contributed by atoms with Gasteiger partial charge in [-0.1, -0.05) is 32.5 Å². The van der Waals surface area contributed by atoms with Crippen LogP contribution in [0.5, 0.6) is 0 Å². The fourth-order valence-corrected chi connectivity index (χ4v) is 3.21. The number of hydrogen-bond donors (Lipinski definition) is 1. The molecule has 0 saturated heterocycles. The lowest BCUT2D eigenvalue weighted by Gasteiger charge is -2.19. The lowest BCUT2D eigenvalue weighted by molar-refractivity contribution is -0.890. The molecule has 2 rings (SSSR count). The van der Waals surface area contributed by atoms with E-state index in [2.05, 4.69) is 17.1 Å². The highest BCUT2D eigenvalue weighted by Crippen LogP contribution is 2.27. The van der Waals surface area contributed by atoms with E-state index in [1.165, 1.54) is 28.8 Å². The van der Waals surface area contributed by atoms with Gasteiger partial charge in [0.1, 0.15) is 17.6 Å². The Bertz CT molecular complexity index is 735. The monoisotopic (exact) mass is 365 g/mol. The Morgan fingerprint density at radius 1 is 1.24 bits per heavy atom. The van der Waals surface area contributed by atoms with Gasteiger partial charge in [-0.25, -0.2) is 4.39 Å². The van der Waals surface area contributed by atoms with Gasteiger partial charge in [0.15, 0.2) is 11.0 Å². The highest BCUT2D eigenvalue weighted by molar-refractivity contribution is 7.99. The van der Waals surface area contributed by atoms with Crippen molar-refractivity contribution in [3.05, 3.63) is 35.9 Å². The molecule has 0 bridgehead atoms. The molecule has 0 saturated carbocycles. The SMILES string of the molecule is C[C@H](c1nnc(SCC(=O)C(C)(C)C)n1-c1ccc(F)cc1)[NH+](C)C. The van der Waals surface area contributed by atoms with Crippen LogP contribution in [-0.4, -0.2) is 40.4 Å². The number of carbonyl (C=O) groups excluding carboxylic acids is 1. The van der Waals surface area contributed by atoms with Crippen LogP contribution in [0, 0.1) is 11.2 Å². The van der Waals surface area contributed by atoms with Gasteiger partial charge < -0.3 is 4.90 Å². The van der Waals surface area contributed by atoms with Gasteiger partial charge in [0.05, 0.1) is 19.8 Å². The Morgan fingerprint density at radius 3 is 2.36 bits per heavy atom. The molecule has 0 aliphatic carbocycles. The summed E-state index contributed by atoms with van der Waals surface area (Å²) in [5, 5.41) is 9.28. The van der Waals surface area contributed by atoms with Gasteiger partial charge in [0, 0.05) is 11.1 Å². The summed E-state index contributed by atoms with van der Waals surface area (Å²) in [5.74, 6) is 0.976. The Balaban J connectivity index is 2.40. The van der Waals surface area contributed by atoms with E-state index in [4.69, 9.17) is 0 Å². The summed E-state index contributed by atoms with van der Waals surface area (Å²) in [7, 11) is 4.09. The van der Waals surface area contributed by atoms with E-state index in [1.807, 2.05) is 39.4 Å². The van der Waals surface area contributed by atoms with Gasteiger partial charge in [-0.2, -0.15) is 0 Å². The molecular formula is C18H26FN4OS+. The molecule has 2 aromatic rings. The predicted molar refractivity (Wildman–Crippen MR) is 97.7 cm³/mol. The zero-order valence-electron chi connectivity index (χ0n) is 15.6. The molecule has 1 heterocycles. The van der Waals surface area contributed by atoms with Crippen LogP contribution >= 0.6 is 11.8 Å². The van der Waals surface area contributed by atoms with Crippen molar-refractivity contribution in [2.75, 3.05) is 19.8 Å². The minimum Gasteiger partial charge on any atom is -0.331 e. The first-order valence-corrected chi connectivity index (χ1v) is 9.27. The maximum Gasteiger partial charge on any atom is 0.196 e. The second-order valence-corrected chi connectivity index (χ2v) is 8.36. The van der Waals surface area contributed by atoms with Gasteiger partial charge in [0.2, 0.25) is 0 Å². The van der Waals surface area contributed by atoms with Crippen LogP contribution in [0.1, 0.15) is 39.6 Å². The molecule has 7 heteroatoms. The van der Waals surface area contributed by atoms with Gasteiger partial charge >= 0.3 is 0 Å². The Hall–Kier alpha value is -1.73. The topological polar surface area (TPSA) is 52.2 Å². The number of nitrogens with zero attached hydrogens (tertiary/aromatic N) is 3. The first kappa shape index (κ1) is 19.6. The third-order valence-electron chi connectivity index (χ3n) is 4.17. The molecule has 1 atom stereocenters. The largest absolute Gasteiger partial charge is 0.331 e. The van der Waals surface area contributed by atoms with Crippen LogP contribution in [0.2, 0.25) is 0 Å². The van der Waals surface area contributed by atoms with Gasteiger partial charge in [-0.05, 0) is 31.2 Å². The summed E-state index contributed by atoms with van der Waals surface area (Å²) < 4.78 is 15.2. The van der Waals surface area contributed by atoms with E-state index in [0.29, 0.717) is 10.9 Å². The lowest BCUT2D eigenvalue weighted by atomic mass is 9.92. The number of hydrogen-bond acceptors (Lipinski definition) is 4. The molecule has 25 heavy (non-hydrogen) atoms. The van der Waals surface area contributed by atoms with Crippen molar-refractivity contribution in [2.45, 2.75) is 38.9 Å². The number of halogens is 1. The molecule has 0 amide bonds. The molecule has 0 unspecified atom stereocenters. The maximum absolute atomic E-state index is 13.3. The average molecular weight is 365 g/mol. The molecule has 0 fully saturated rings. The van der Waals surface area contributed by atoms with Crippen LogP contribution in [0.15, 0.2) is 29.4 Å². The normalized spacial score (nSPS) is 13.3. The third-order valence-corrected chi connectivity index (χ3v) is 5.09. The van der Waals surface area contributed by atoms with Crippen LogP contribution < -0.4 is 4.90 Å². The number of benzene rings is 1. The Kier molecular flexibility index (Phi) is 6.00. The summed E-state index contributed by atoms with van der Waals surface area (Å²) in [6.45, 7) is 7.78. The molecule has 136 valence electrons. The van der Waals surface area contributed by atoms with Crippen molar-refractivity contribution in [1.82, 2.24) is 14.8 Å². The molecule has 0 radical (unpaired) electrons. The second kappa shape index (κ2) is 7.66. The van der Waals surface area contributed by atoms with Crippen molar-refractivity contribution in [3.63, 3.8) is 0 Å². The number of carbonyl (C=O) groups is 1. The highest BCUT2D eigenvalue weighted by Gasteiger charge is 2.26. The summed E-state index contributed by atoms with van der Waals surface area (Å²) in [4.78, 5) is 13.5. The van der Waals surface area contributed by atoms with Gasteiger partial charge in [-0.3, -0.25) is 9.36 Å². The summed E-state index contributed by atoms with van der Waals surface area (Å²) in [5.41, 5.74) is 0.401. The molecule has 1 N–H and O–H groups in total. The van der Waals surface area contributed by atoms with Crippen molar-refractivity contribution in [1.29, 1.82) is 0 Å². The standard InChI is InChI=1S/C18H25FN4OS/c1-12(22(5)6)16-20-21-17(25-11-15(24)18(2,3)4)23(16)14-9-7-13(19)8-10-14/h7-10,12H,11H2,1-6H3/p+1/t12-/m1/s1. The van der Waals surface area contributed by atoms with E-state index in [9.17, 15) is 9.18 Å². The number of ketones is 1. The van der Waals surface area contributed by atoms with Gasteiger partial charge in [-0.15, -0.1) is 10.2 Å². The van der Waals surface area contributed by atoms with Crippen molar-refractivity contribution < 1.29 is 14.1 Å². The highest BCUT2D eigenvalue weighted by atomic mass is 32.2. The predicted octanol–water partition coefficient (Wildman–Crippen LogP) is 2.32. The van der Waals surface area contributed by atoms with E-state index in [-0.39, 0.29) is 17.6 Å². The molecule has 0 spiro atoms. The van der Waals surface area contributed by atoms with E-state index in [0.717, 1.165) is 11.5 Å². The third kappa shape index (κ3) is 4.67. The first-order chi connectivity index (χ1) is 11.6. The zero-order chi connectivity index (χ0) is 18.8. The minimum atomic E-state index is -0.391. The molecule has 5 nitrogen and oxygen atoms in total. The fraction of sp³-hybridized carbons (Fsp3) is 0.500. The zero-order valence-corrected chi connectivity index (χ0v) is 16.4. The Morgan fingerprint density at radius 2 is 1.84 bits per heavy atom. The van der Waals surface area contributed by atoms with E-state index in [1.54, 1.807) is 12.1 Å². The number of rotatable bonds is 6. The molecule has 1 aromatic heterocycles. The molecule has 0 aliphatic heterocycles. The average Bonchev–Trinajstić information content (AvgIpc) is 2.95. The number of quaternary nitrogens is 1. The molecule has 1 aromatic carbocycles. The van der Waals surface area contributed by atoms with Crippen LogP contribution in [-0.2, 0) is 4.79 Å². The summed E-state index contributed by atoms with van der Waals surface area (Å²) in [6.07, 6.45) is 0. The number of nitrogens with one attached hydrogen (secondary N) is 1. The minimum absolute atomic E-state index is 0.102. The van der Waals surface area contributed by atoms with Gasteiger partial charge in [0.25, 0.3) is 0 Å². The maximum atomic E-state index is 13.3. The molecular weight excluding hydrogens is 339 g/mol. The second-order valence-electron chi connectivity index (χ2n) is 7.41. The first-order valence-electron chi connectivity index (χ1n) is 8.28. The number of Topliss-reactive ketones (excluding diaryl/α,β-unsaturated/α-hetero) is 1. The van der Waals surface area contributed by atoms with E-state index < -0.39 is 5.41 Å². The van der Waals surface area contributed by atoms with E-state index >= 15 is 0 Å². The Labute approximate surface area is 152 Å². The summed E-state index contributed by atoms with van der Waals surface area (Å²) in [6, 6.07) is 6.35. The fourth-order valence-electron chi connectivity index (χ4n) is 2.09. The summed E-state index contributed by atoms with van der Waals surface area (Å²) >= 11 is 1.37.